The summed E-state index contributed by atoms with van der Waals surface area (Å²) >= 11 is 0. The van der Waals surface area contributed by atoms with Gasteiger partial charge in [-0.2, -0.15) is 0 Å². The van der Waals surface area contributed by atoms with Crippen molar-refractivity contribution in [2.75, 3.05) is 0 Å². The van der Waals surface area contributed by atoms with Gasteiger partial charge in [-0.1, -0.05) is 12.8 Å². The Balaban J connectivity index is 2.20. The number of rotatable bonds is 2. The maximum absolute atomic E-state index is 12.7. The molecule has 17 heavy (non-hydrogen) atoms. The van der Waals surface area contributed by atoms with Gasteiger partial charge < -0.3 is 10.5 Å². The van der Waals surface area contributed by atoms with Crippen molar-refractivity contribution in [3.8, 4) is 0 Å². The first-order valence-corrected chi connectivity index (χ1v) is 6.70. The summed E-state index contributed by atoms with van der Waals surface area (Å²) in [5, 5.41) is 0. The van der Waals surface area contributed by atoms with Crippen LogP contribution >= 0.6 is 0 Å². The van der Waals surface area contributed by atoms with E-state index in [9.17, 15) is 4.79 Å². The van der Waals surface area contributed by atoms with Crippen LogP contribution in [0.2, 0.25) is 0 Å². The second-order valence-electron chi connectivity index (χ2n) is 6.95. The maximum Gasteiger partial charge on any atom is 0.158 e. The van der Waals surface area contributed by atoms with E-state index in [1.54, 1.807) is 0 Å². The molecule has 0 radical (unpaired) electrons. The number of Topliss-reactive ketones (excluding diaryl/α,β-unsaturated/α-hetero) is 1. The first-order chi connectivity index (χ1) is 7.66. The highest BCUT2D eigenvalue weighted by Gasteiger charge is 2.53. The fourth-order valence-corrected chi connectivity index (χ4v) is 3.57. The van der Waals surface area contributed by atoms with Crippen molar-refractivity contribution >= 4 is 5.78 Å². The Bertz CT molecular complexity index is 327. The Morgan fingerprint density at radius 2 is 1.71 bits per heavy atom. The molecule has 1 unspecified atom stereocenters. The Morgan fingerprint density at radius 3 is 2.12 bits per heavy atom. The van der Waals surface area contributed by atoms with Crippen molar-refractivity contribution < 1.29 is 9.53 Å². The van der Waals surface area contributed by atoms with Crippen LogP contribution in [0, 0.1) is 5.92 Å². The van der Waals surface area contributed by atoms with Gasteiger partial charge in [-0.15, -0.1) is 0 Å². The molecule has 1 heterocycles. The topological polar surface area (TPSA) is 52.3 Å². The standard InChI is InChI=1S/C14H25NO2/c1-12(2)9-10(13(3,4)17-12)11(16)14(15)7-5-6-8-14/h10H,5-9,15H2,1-4H3. The lowest BCUT2D eigenvalue weighted by molar-refractivity contribution is -0.134. The first-order valence-electron chi connectivity index (χ1n) is 6.70. The first kappa shape index (κ1) is 13.0. The lowest BCUT2D eigenvalue weighted by Gasteiger charge is -2.32. The number of nitrogens with two attached hydrogens (primary N) is 1. The molecule has 1 saturated carbocycles. The van der Waals surface area contributed by atoms with Gasteiger partial charge in [0.1, 0.15) is 0 Å². The van der Waals surface area contributed by atoms with Gasteiger partial charge >= 0.3 is 0 Å². The van der Waals surface area contributed by atoms with Crippen LogP contribution in [-0.4, -0.2) is 22.5 Å². The van der Waals surface area contributed by atoms with Crippen LogP contribution in [0.5, 0.6) is 0 Å². The van der Waals surface area contributed by atoms with E-state index in [0.717, 1.165) is 32.1 Å². The molecule has 1 aliphatic heterocycles. The average molecular weight is 239 g/mol. The minimum absolute atomic E-state index is 0.0550. The van der Waals surface area contributed by atoms with Crippen LogP contribution in [0.15, 0.2) is 0 Å². The number of ketones is 1. The zero-order chi connectivity index (χ0) is 12.9. The van der Waals surface area contributed by atoms with E-state index in [1.807, 2.05) is 13.8 Å². The molecule has 2 aliphatic rings. The predicted molar refractivity (Wildman–Crippen MR) is 67.7 cm³/mol. The quantitative estimate of drug-likeness (QED) is 0.805. The number of hydrogen-bond acceptors (Lipinski definition) is 3. The third-order valence-corrected chi connectivity index (χ3v) is 4.38. The fourth-order valence-electron chi connectivity index (χ4n) is 3.57. The van der Waals surface area contributed by atoms with Crippen LogP contribution in [-0.2, 0) is 9.53 Å². The molecular weight excluding hydrogens is 214 g/mol. The molecule has 0 amide bonds. The molecular formula is C14H25NO2. The number of ether oxygens (including phenoxy) is 1. The Morgan fingerprint density at radius 1 is 1.18 bits per heavy atom. The molecule has 1 atom stereocenters. The summed E-state index contributed by atoms with van der Waals surface area (Å²) in [4.78, 5) is 12.7. The van der Waals surface area contributed by atoms with Gasteiger partial charge in [-0.3, -0.25) is 4.79 Å². The summed E-state index contributed by atoms with van der Waals surface area (Å²) in [6.45, 7) is 8.14. The summed E-state index contributed by atoms with van der Waals surface area (Å²) in [6, 6.07) is 0. The van der Waals surface area contributed by atoms with Crippen molar-refractivity contribution in [2.24, 2.45) is 11.7 Å². The number of hydrogen-bond donors (Lipinski definition) is 1. The Hall–Kier alpha value is -0.410. The molecule has 0 spiro atoms. The highest BCUT2D eigenvalue weighted by Crippen LogP contribution is 2.45. The van der Waals surface area contributed by atoms with Crippen molar-refractivity contribution in [3.63, 3.8) is 0 Å². The second-order valence-corrected chi connectivity index (χ2v) is 6.95. The van der Waals surface area contributed by atoms with E-state index < -0.39 is 5.54 Å². The van der Waals surface area contributed by atoms with E-state index in [-0.39, 0.29) is 22.9 Å². The van der Waals surface area contributed by atoms with Crippen LogP contribution in [0.1, 0.15) is 59.8 Å². The lowest BCUT2D eigenvalue weighted by Crippen LogP contribution is -2.52. The molecule has 2 N–H and O–H groups in total. The van der Waals surface area contributed by atoms with E-state index in [0.29, 0.717) is 0 Å². The van der Waals surface area contributed by atoms with Crippen LogP contribution in [0.3, 0.4) is 0 Å². The smallest absolute Gasteiger partial charge is 0.158 e. The third kappa shape index (κ3) is 2.27. The molecule has 0 aromatic rings. The van der Waals surface area contributed by atoms with E-state index >= 15 is 0 Å². The van der Waals surface area contributed by atoms with Crippen LogP contribution in [0.4, 0.5) is 0 Å². The predicted octanol–water partition coefficient (Wildman–Crippen LogP) is 2.42. The van der Waals surface area contributed by atoms with Crippen LogP contribution < -0.4 is 5.73 Å². The highest BCUT2D eigenvalue weighted by molar-refractivity contribution is 5.91. The summed E-state index contributed by atoms with van der Waals surface area (Å²) < 4.78 is 6.00. The molecule has 1 aliphatic carbocycles. The van der Waals surface area contributed by atoms with Crippen molar-refractivity contribution in [2.45, 2.75) is 76.5 Å². The monoisotopic (exact) mass is 239 g/mol. The minimum atomic E-state index is -0.578. The van der Waals surface area contributed by atoms with Crippen molar-refractivity contribution in [1.29, 1.82) is 0 Å². The van der Waals surface area contributed by atoms with Crippen molar-refractivity contribution in [1.82, 2.24) is 0 Å². The lowest BCUT2D eigenvalue weighted by atomic mass is 9.76. The summed E-state index contributed by atoms with van der Waals surface area (Å²) in [5.74, 6) is 0.172. The Labute approximate surface area is 104 Å². The largest absolute Gasteiger partial charge is 0.369 e. The van der Waals surface area contributed by atoms with Gasteiger partial charge in [0.2, 0.25) is 0 Å². The maximum atomic E-state index is 12.7. The fraction of sp³-hybridized carbons (Fsp3) is 0.929. The molecule has 3 heteroatoms. The van der Waals surface area contributed by atoms with Gasteiger partial charge in [0.05, 0.1) is 22.7 Å². The van der Waals surface area contributed by atoms with Gasteiger partial charge in [0.15, 0.2) is 5.78 Å². The van der Waals surface area contributed by atoms with E-state index in [4.69, 9.17) is 10.5 Å². The number of carbonyl (C=O) groups excluding carboxylic acids is 1. The van der Waals surface area contributed by atoms with Gasteiger partial charge in [-0.25, -0.2) is 0 Å². The normalized spacial score (nSPS) is 33.8. The number of carbonyl (C=O) groups is 1. The highest BCUT2D eigenvalue weighted by atomic mass is 16.5. The molecule has 1 saturated heterocycles. The van der Waals surface area contributed by atoms with Gasteiger partial charge in [0, 0.05) is 0 Å². The SMILES string of the molecule is CC1(C)CC(C(=O)C2(N)CCCC2)C(C)(C)O1. The molecule has 0 aromatic carbocycles. The van der Waals surface area contributed by atoms with Gasteiger partial charge in [-0.05, 0) is 47.0 Å². The third-order valence-electron chi connectivity index (χ3n) is 4.38. The molecule has 3 nitrogen and oxygen atoms in total. The molecule has 0 aromatic heterocycles. The Kier molecular flexibility index (Phi) is 2.91. The summed E-state index contributed by atoms with van der Waals surface area (Å²) in [7, 11) is 0. The molecule has 0 bridgehead atoms. The average Bonchev–Trinajstić information content (AvgIpc) is 2.67. The van der Waals surface area contributed by atoms with Gasteiger partial charge in [0.25, 0.3) is 0 Å². The van der Waals surface area contributed by atoms with E-state index in [2.05, 4.69) is 13.8 Å². The summed E-state index contributed by atoms with van der Waals surface area (Å²) in [6.07, 6.45) is 4.65. The van der Waals surface area contributed by atoms with Crippen molar-refractivity contribution in [3.05, 3.63) is 0 Å². The van der Waals surface area contributed by atoms with Crippen LogP contribution in [0.25, 0.3) is 0 Å². The van der Waals surface area contributed by atoms with E-state index in [1.165, 1.54) is 0 Å². The molecule has 98 valence electrons. The molecule has 2 rings (SSSR count). The molecule has 2 fully saturated rings. The minimum Gasteiger partial charge on any atom is -0.369 e. The zero-order valence-electron chi connectivity index (χ0n) is 11.5. The summed E-state index contributed by atoms with van der Waals surface area (Å²) in [5.41, 5.74) is 5.12. The zero-order valence-corrected chi connectivity index (χ0v) is 11.5. The second kappa shape index (κ2) is 3.79.